The molecule has 2 aromatic carbocycles. The van der Waals surface area contributed by atoms with E-state index in [0.29, 0.717) is 32.1 Å². The topological polar surface area (TPSA) is 84.5 Å². The number of sulfonamides is 1. The second-order valence-corrected chi connectivity index (χ2v) is 11.7. The third-order valence-corrected chi connectivity index (χ3v) is 9.11. The molecule has 0 saturated heterocycles. The normalized spacial score (nSPS) is 26.0. The molecule has 0 aliphatic heterocycles. The number of hydrogen-bond acceptors (Lipinski definition) is 4. The molecule has 36 heavy (non-hydrogen) atoms. The maximum atomic E-state index is 13.6. The molecule has 3 fully saturated rings. The van der Waals surface area contributed by atoms with Crippen LogP contribution in [0.3, 0.4) is 0 Å². The molecule has 2 aromatic rings. The SMILES string of the molecule is C[C@H]1CC2(NC(=O)COc3ccc(Cl)c(F)c3)CCC1(NS(=O)(=O)c1ccc(C(F)(F)F)cc1)CC2. The summed E-state index contributed by atoms with van der Waals surface area (Å²) >= 11 is 5.64. The van der Waals surface area contributed by atoms with Crippen molar-refractivity contribution in [3.8, 4) is 5.75 Å². The van der Waals surface area contributed by atoms with E-state index in [1.807, 2.05) is 6.92 Å². The quantitative estimate of drug-likeness (QED) is 0.474. The monoisotopic (exact) mass is 548 g/mol. The zero-order chi connectivity index (χ0) is 26.4. The number of rotatable bonds is 7. The van der Waals surface area contributed by atoms with Gasteiger partial charge in [-0.05, 0) is 74.4 Å². The summed E-state index contributed by atoms with van der Waals surface area (Å²) in [7, 11) is -4.05. The number of benzene rings is 2. The molecule has 2 N–H and O–H groups in total. The van der Waals surface area contributed by atoms with E-state index in [2.05, 4.69) is 10.0 Å². The summed E-state index contributed by atoms with van der Waals surface area (Å²) in [5, 5.41) is 2.96. The first kappa shape index (κ1) is 26.7. The number of alkyl halides is 3. The van der Waals surface area contributed by atoms with Gasteiger partial charge in [0.1, 0.15) is 11.6 Å². The van der Waals surface area contributed by atoms with Gasteiger partial charge in [-0.25, -0.2) is 17.5 Å². The van der Waals surface area contributed by atoms with Gasteiger partial charge < -0.3 is 10.1 Å². The molecule has 2 bridgehead atoms. The Morgan fingerprint density at radius 3 is 2.31 bits per heavy atom. The van der Waals surface area contributed by atoms with Crippen molar-refractivity contribution < 1.29 is 35.5 Å². The molecule has 3 saturated carbocycles. The third kappa shape index (κ3) is 5.47. The molecular formula is C24H25ClF4N2O4S. The first-order chi connectivity index (χ1) is 16.7. The van der Waals surface area contributed by atoms with Gasteiger partial charge in [-0.3, -0.25) is 4.79 Å². The van der Waals surface area contributed by atoms with E-state index < -0.39 is 38.7 Å². The van der Waals surface area contributed by atoms with Crippen LogP contribution in [0.2, 0.25) is 5.02 Å². The van der Waals surface area contributed by atoms with Gasteiger partial charge in [0.2, 0.25) is 10.0 Å². The van der Waals surface area contributed by atoms with Crippen molar-refractivity contribution >= 4 is 27.5 Å². The van der Waals surface area contributed by atoms with Crippen LogP contribution >= 0.6 is 11.6 Å². The summed E-state index contributed by atoms with van der Waals surface area (Å²) in [4.78, 5) is 12.3. The molecule has 1 atom stereocenters. The summed E-state index contributed by atoms with van der Waals surface area (Å²) in [5.74, 6) is -1.01. The molecule has 1 amide bonds. The van der Waals surface area contributed by atoms with Crippen molar-refractivity contribution in [1.82, 2.24) is 10.0 Å². The highest BCUT2D eigenvalue weighted by atomic mass is 35.5. The zero-order valence-electron chi connectivity index (χ0n) is 19.3. The van der Waals surface area contributed by atoms with E-state index in [1.54, 1.807) is 0 Å². The molecular weight excluding hydrogens is 524 g/mol. The number of ether oxygens (including phenoxy) is 1. The number of carbonyl (C=O) groups excluding carboxylic acids is 1. The Balaban J connectivity index is 1.38. The number of fused-ring (bicyclic) bond motifs is 3. The lowest BCUT2D eigenvalue weighted by molar-refractivity contribution is -0.137. The van der Waals surface area contributed by atoms with Crippen LogP contribution in [0.1, 0.15) is 44.6 Å². The van der Waals surface area contributed by atoms with E-state index in [9.17, 15) is 30.8 Å². The fourth-order valence-corrected chi connectivity index (χ4v) is 6.90. The van der Waals surface area contributed by atoms with E-state index in [-0.39, 0.29) is 34.1 Å². The smallest absolute Gasteiger partial charge is 0.416 e. The Kier molecular flexibility index (Phi) is 7.04. The number of carbonyl (C=O) groups is 1. The summed E-state index contributed by atoms with van der Waals surface area (Å²) < 4.78 is 86.2. The molecule has 3 aliphatic carbocycles. The standard InChI is InChI=1S/C24H25ClF4N2O4S/c1-15-13-22(30-21(32)14-35-17-4-7-19(25)20(26)12-17)8-10-23(15,11-9-22)31-36(33,34)18-5-2-16(3-6-18)24(27,28)29/h2-7,12,15,31H,8-11,13-14H2,1H3,(H,30,32)/t15-,22?,23?/m0/s1. The van der Waals surface area contributed by atoms with Gasteiger partial charge in [0.25, 0.3) is 5.91 Å². The van der Waals surface area contributed by atoms with E-state index >= 15 is 0 Å². The van der Waals surface area contributed by atoms with Crippen LogP contribution in [0.25, 0.3) is 0 Å². The fourth-order valence-electron chi connectivity index (χ4n) is 5.23. The Morgan fingerprint density at radius 1 is 1.11 bits per heavy atom. The van der Waals surface area contributed by atoms with Crippen molar-refractivity contribution in [3.05, 3.63) is 58.9 Å². The Hall–Kier alpha value is -2.37. The highest BCUT2D eigenvalue weighted by Crippen LogP contribution is 2.50. The molecule has 5 rings (SSSR count). The summed E-state index contributed by atoms with van der Waals surface area (Å²) in [6.07, 6.45) is -2.08. The van der Waals surface area contributed by atoms with E-state index in [4.69, 9.17) is 16.3 Å². The molecule has 3 aliphatic rings. The Labute approximate surface area is 211 Å². The highest BCUT2D eigenvalue weighted by molar-refractivity contribution is 7.89. The zero-order valence-corrected chi connectivity index (χ0v) is 20.9. The molecule has 12 heteroatoms. The number of nitrogens with one attached hydrogen (secondary N) is 2. The van der Waals surface area contributed by atoms with Crippen molar-refractivity contribution in [3.63, 3.8) is 0 Å². The number of amides is 1. The van der Waals surface area contributed by atoms with Crippen LogP contribution in [0.15, 0.2) is 47.4 Å². The lowest BCUT2D eigenvalue weighted by atomic mass is 9.57. The minimum atomic E-state index is -4.56. The summed E-state index contributed by atoms with van der Waals surface area (Å²) in [5.41, 5.74) is -2.20. The van der Waals surface area contributed by atoms with Gasteiger partial charge in [-0.1, -0.05) is 18.5 Å². The van der Waals surface area contributed by atoms with Gasteiger partial charge in [-0.2, -0.15) is 13.2 Å². The second-order valence-electron chi connectivity index (χ2n) is 9.58. The number of halogens is 5. The molecule has 6 nitrogen and oxygen atoms in total. The van der Waals surface area contributed by atoms with Crippen LogP contribution in [0.4, 0.5) is 17.6 Å². The molecule has 0 aromatic heterocycles. The fraction of sp³-hybridized carbons (Fsp3) is 0.458. The van der Waals surface area contributed by atoms with Crippen molar-refractivity contribution in [1.29, 1.82) is 0 Å². The predicted octanol–water partition coefficient (Wildman–Crippen LogP) is 5.06. The third-order valence-electron chi connectivity index (χ3n) is 7.23. The van der Waals surface area contributed by atoms with Gasteiger partial charge in [0, 0.05) is 17.1 Å². The largest absolute Gasteiger partial charge is 0.484 e. The average Bonchev–Trinajstić information content (AvgIpc) is 2.80. The minimum Gasteiger partial charge on any atom is -0.484 e. The highest BCUT2D eigenvalue weighted by Gasteiger charge is 2.54. The van der Waals surface area contributed by atoms with Crippen molar-refractivity contribution in [2.24, 2.45) is 5.92 Å². The second kappa shape index (κ2) is 9.50. The molecule has 196 valence electrons. The van der Waals surface area contributed by atoms with Crippen LogP contribution in [0.5, 0.6) is 5.75 Å². The summed E-state index contributed by atoms with van der Waals surface area (Å²) in [6.45, 7) is 1.57. The van der Waals surface area contributed by atoms with E-state index in [1.165, 1.54) is 12.1 Å². The Morgan fingerprint density at radius 2 is 1.75 bits per heavy atom. The summed E-state index contributed by atoms with van der Waals surface area (Å²) in [6, 6.07) is 7.28. The molecule has 0 heterocycles. The lowest BCUT2D eigenvalue weighted by Crippen LogP contribution is -2.67. The predicted molar refractivity (Wildman–Crippen MR) is 125 cm³/mol. The maximum absolute atomic E-state index is 13.6. The maximum Gasteiger partial charge on any atom is 0.416 e. The Bertz CT molecular complexity index is 1240. The van der Waals surface area contributed by atoms with Crippen LogP contribution in [0, 0.1) is 11.7 Å². The first-order valence-corrected chi connectivity index (χ1v) is 13.2. The first-order valence-electron chi connectivity index (χ1n) is 11.3. The van der Waals surface area contributed by atoms with Crippen LogP contribution in [-0.4, -0.2) is 32.0 Å². The molecule has 0 spiro atoms. The average molecular weight is 549 g/mol. The van der Waals surface area contributed by atoms with Gasteiger partial charge >= 0.3 is 6.18 Å². The molecule has 0 radical (unpaired) electrons. The number of hydrogen-bond donors (Lipinski definition) is 2. The van der Waals surface area contributed by atoms with Crippen molar-refractivity contribution in [2.75, 3.05) is 6.61 Å². The lowest BCUT2D eigenvalue weighted by Gasteiger charge is -2.57. The van der Waals surface area contributed by atoms with Crippen LogP contribution < -0.4 is 14.8 Å². The van der Waals surface area contributed by atoms with E-state index in [0.717, 1.165) is 30.3 Å². The van der Waals surface area contributed by atoms with Crippen molar-refractivity contribution in [2.45, 2.75) is 61.2 Å². The van der Waals surface area contributed by atoms with Gasteiger partial charge in [0.15, 0.2) is 6.61 Å². The molecule has 0 unspecified atom stereocenters. The minimum absolute atomic E-state index is 0.0541. The van der Waals surface area contributed by atoms with Gasteiger partial charge in [-0.15, -0.1) is 0 Å². The van der Waals surface area contributed by atoms with Crippen LogP contribution in [-0.2, 0) is 21.0 Å². The van der Waals surface area contributed by atoms with Gasteiger partial charge in [0.05, 0.1) is 15.5 Å².